The van der Waals surface area contributed by atoms with Gasteiger partial charge in [0.15, 0.2) is 0 Å². The number of rotatable bonds is 4. The molecule has 98 valence electrons. The van der Waals surface area contributed by atoms with Crippen LogP contribution in [0.4, 0.5) is 0 Å². The molecule has 5 heteroatoms. The summed E-state index contributed by atoms with van der Waals surface area (Å²) in [5, 5.41) is 11.1. The van der Waals surface area contributed by atoms with Crippen LogP contribution in [-0.4, -0.2) is 27.6 Å². The van der Waals surface area contributed by atoms with E-state index in [0.717, 1.165) is 5.69 Å². The van der Waals surface area contributed by atoms with Gasteiger partial charge in [-0.05, 0) is 43.3 Å². The van der Waals surface area contributed by atoms with Crippen LogP contribution in [0.3, 0.4) is 0 Å². The number of hydrogen-bond acceptors (Lipinski definition) is 2. The van der Waals surface area contributed by atoms with E-state index in [1.54, 1.807) is 24.3 Å². The predicted molar refractivity (Wildman–Crippen MR) is 70.3 cm³/mol. The maximum Gasteiger partial charge on any atom is 0.325 e. The van der Waals surface area contributed by atoms with Crippen molar-refractivity contribution in [1.29, 1.82) is 0 Å². The molecule has 0 fully saturated rings. The fraction of sp³-hybridized carbons (Fsp3) is 0.143. The van der Waals surface area contributed by atoms with Crippen molar-refractivity contribution in [3.63, 3.8) is 0 Å². The number of aromatic nitrogens is 1. The normalized spacial score (nSPS) is 11.8. The highest BCUT2D eigenvalue weighted by Crippen LogP contribution is 2.10. The first-order chi connectivity index (χ1) is 9.08. The number of carboxylic acid groups (broad SMARTS) is 1. The van der Waals surface area contributed by atoms with Crippen molar-refractivity contribution >= 4 is 11.9 Å². The van der Waals surface area contributed by atoms with Crippen molar-refractivity contribution in [3.05, 3.63) is 54.4 Å². The van der Waals surface area contributed by atoms with E-state index in [0.29, 0.717) is 5.56 Å². The molecule has 1 aromatic heterocycles. The number of nitrogens with one attached hydrogen (secondary N) is 1. The second kappa shape index (κ2) is 5.39. The molecule has 2 rings (SSSR count). The molecule has 5 nitrogen and oxygen atoms in total. The molecule has 0 saturated heterocycles. The molecule has 1 aromatic carbocycles. The minimum Gasteiger partial charge on any atom is -0.480 e. The van der Waals surface area contributed by atoms with Crippen molar-refractivity contribution in [2.45, 2.75) is 13.0 Å². The van der Waals surface area contributed by atoms with Crippen LogP contribution in [0.5, 0.6) is 0 Å². The van der Waals surface area contributed by atoms with Gasteiger partial charge < -0.3 is 15.0 Å². The minimum absolute atomic E-state index is 0.394. The van der Waals surface area contributed by atoms with Gasteiger partial charge in [0.2, 0.25) is 0 Å². The topological polar surface area (TPSA) is 71.3 Å². The zero-order valence-electron chi connectivity index (χ0n) is 10.4. The lowest BCUT2D eigenvalue weighted by molar-refractivity contribution is -0.138. The van der Waals surface area contributed by atoms with Crippen molar-refractivity contribution in [1.82, 2.24) is 9.88 Å². The summed E-state index contributed by atoms with van der Waals surface area (Å²) in [6, 6.07) is 9.86. The lowest BCUT2D eigenvalue weighted by atomic mass is 10.2. The number of aliphatic carboxylic acids is 1. The zero-order valence-corrected chi connectivity index (χ0v) is 10.4. The molecular weight excluding hydrogens is 244 g/mol. The molecule has 1 heterocycles. The summed E-state index contributed by atoms with van der Waals surface area (Å²) in [5.41, 5.74) is 1.37. The van der Waals surface area contributed by atoms with Gasteiger partial charge in [0, 0.05) is 23.6 Å². The number of carboxylic acids is 1. The molecule has 2 N–H and O–H groups in total. The quantitative estimate of drug-likeness (QED) is 0.876. The first kappa shape index (κ1) is 12.9. The first-order valence-corrected chi connectivity index (χ1v) is 5.85. The second-order valence-corrected chi connectivity index (χ2v) is 4.17. The van der Waals surface area contributed by atoms with Crippen LogP contribution in [0.2, 0.25) is 0 Å². The molecule has 19 heavy (non-hydrogen) atoms. The molecule has 2 aromatic rings. The summed E-state index contributed by atoms with van der Waals surface area (Å²) in [4.78, 5) is 22.4. The van der Waals surface area contributed by atoms with Crippen LogP contribution >= 0.6 is 0 Å². The molecular formula is C14H14N2O3. The summed E-state index contributed by atoms with van der Waals surface area (Å²) in [6.07, 6.45) is 3.81. The molecule has 0 saturated carbocycles. The third-order valence-electron chi connectivity index (χ3n) is 2.75. The Hall–Kier alpha value is -2.56. The summed E-state index contributed by atoms with van der Waals surface area (Å²) < 4.78 is 1.92. The highest BCUT2D eigenvalue weighted by atomic mass is 16.4. The monoisotopic (exact) mass is 258 g/mol. The number of carbonyl (C=O) groups is 2. The lowest BCUT2D eigenvalue weighted by Gasteiger charge is -2.09. The Balaban J connectivity index is 2.10. The van der Waals surface area contributed by atoms with Gasteiger partial charge >= 0.3 is 5.97 Å². The summed E-state index contributed by atoms with van der Waals surface area (Å²) in [7, 11) is 0. The fourth-order valence-electron chi connectivity index (χ4n) is 1.63. The van der Waals surface area contributed by atoms with Gasteiger partial charge in [-0.3, -0.25) is 9.59 Å². The Labute approximate surface area is 110 Å². The molecule has 0 aliphatic carbocycles. The molecule has 1 atom stereocenters. The Morgan fingerprint density at radius 1 is 1.16 bits per heavy atom. The van der Waals surface area contributed by atoms with Gasteiger partial charge in [-0.25, -0.2) is 0 Å². The maximum absolute atomic E-state index is 11.8. The van der Waals surface area contributed by atoms with Gasteiger partial charge in [0.05, 0.1) is 0 Å². The second-order valence-electron chi connectivity index (χ2n) is 4.17. The van der Waals surface area contributed by atoms with Gasteiger partial charge in [-0.2, -0.15) is 0 Å². The first-order valence-electron chi connectivity index (χ1n) is 5.85. The number of benzene rings is 1. The van der Waals surface area contributed by atoms with E-state index < -0.39 is 17.9 Å². The van der Waals surface area contributed by atoms with E-state index in [1.165, 1.54) is 6.92 Å². The Morgan fingerprint density at radius 3 is 2.26 bits per heavy atom. The highest BCUT2D eigenvalue weighted by molar-refractivity contribution is 5.96. The van der Waals surface area contributed by atoms with E-state index in [4.69, 9.17) is 5.11 Å². The van der Waals surface area contributed by atoms with Crippen LogP contribution in [0.25, 0.3) is 5.69 Å². The summed E-state index contributed by atoms with van der Waals surface area (Å²) >= 11 is 0. The van der Waals surface area contributed by atoms with Gasteiger partial charge in [0.25, 0.3) is 5.91 Å². The van der Waals surface area contributed by atoms with E-state index in [2.05, 4.69) is 5.32 Å². The zero-order chi connectivity index (χ0) is 13.8. The minimum atomic E-state index is -1.06. The van der Waals surface area contributed by atoms with E-state index >= 15 is 0 Å². The molecule has 0 radical (unpaired) electrons. The van der Waals surface area contributed by atoms with E-state index in [-0.39, 0.29) is 0 Å². The van der Waals surface area contributed by atoms with Crippen molar-refractivity contribution < 1.29 is 14.7 Å². The Kier molecular flexibility index (Phi) is 3.66. The summed E-state index contributed by atoms with van der Waals surface area (Å²) in [6.45, 7) is 1.43. The van der Waals surface area contributed by atoms with Gasteiger partial charge in [-0.1, -0.05) is 0 Å². The van der Waals surface area contributed by atoms with Crippen LogP contribution in [0, 0.1) is 0 Å². The van der Waals surface area contributed by atoms with Crippen LogP contribution in [-0.2, 0) is 4.79 Å². The molecule has 0 bridgehead atoms. The van der Waals surface area contributed by atoms with E-state index in [9.17, 15) is 9.59 Å². The average Bonchev–Trinajstić information content (AvgIpc) is 2.92. The molecule has 0 aliphatic heterocycles. The molecule has 1 amide bonds. The number of nitrogens with zero attached hydrogens (tertiary/aromatic N) is 1. The maximum atomic E-state index is 11.8. The molecule has 0 unspecified atom stereocenters. The predicted octanol–water partition coefficient (Wildman–Crippen LogP) is 1.68. The number of hydrogen-bond donors (Lipinski definition) is 2. The summed E-state index contributed by atoms with van der Waals surface area (Å²) in [5.74, 6) is -1.45. The van der Waals surface area contributed by atoms with Crippen LogP contribution < -0.4 is 5.32 Å². The third kappa shape index (κ3) is 3.01. The van der Waals surface area contributed by atoms with Crippen molar-refractivity contribution in [2.75, 3.05) is 0 Å². The van der Waals surface area contributed by atoms with Crippen molar-refractivity contribution in [2.24, 2.45) is 0 Å². The van der Waals surface area contributed by atoms with E-state index in [1.807, 2.05) is 29.1 Å². The average molecular weight is 258 g/mol. The molecule has 0 spiro atoms. The van der Waals surface area contributed by atoms with Crippen LogP contribution in [0.15, 0.2) is 48.8 Å². The standard InChI is InChI=1S/C14H14N2O3/c1-10(14(18)19)15-13(17)11-4-6-12(7-5-11)16-8-2-3-9-16/h2-10H,1H3,(H,15,17)(H,18,19)/t10-/m1/s1. The van der Waals surface area contributed by atoms with Crippen molar-refractivity contribution in [3.8, 4) is 5.69 Å². The smallest absolute Gasteiger partial charge is 0.325 e. The SMILES string of the molecule is C[C@@H](NC(=O)c1ccc(-n2cccc2)cc1)C(=O)O. The number of carbonyl (C=O) groups excluding carboxylic acids is 1. The highest BCUT2D eigenvalue weighted by Gasteiger charge is 2.14. The van der Waals surface area contributed by atoms with Gasteiger partial charge in [0.1, 0.15) is 6.04 Å². The third-order valence-corrected chi connectivity index (χ3v) is 2.75. The van der Waals surface area contributed by atoms with Crippen LogP contribution in [0.1, 0.15) is 17.3 Å². The molecule has 0 aliphatic rings. The lowest BCUT2D eigenvalue weighted by Crippen LogP contribution is -2.38. The largest absolute Gasteiger partial charge is 0.480 e. The Morgan fingerprint density at radius 2 is 1.74 bits per heavy atom. The fourth-order valence-corrected chi connectivity index (χ4v) is 1.63. The Bertz CT molecular complexity index is 573. The number of amides is 1. The van der Waals surface area contributed by atoms with Gasteiger partial charge in [-0.15, -0.1) is 0 Å².